The van der Waals surface area contributed by atoms with Gasteiger partial charge < -0.3 is 5.21 Å². The topological polar surface area (TPSA) is 48.1 Å². The predicted octanol–water partition coefficient (Wildman–Crippen LogP) is 3.02. The SMILES string of the molecule is Cc1c(-c2ccc(F)cc2)[n+](=O)c2c(n1O)CCCCC2. The van der Waals surface area contributed by atoms with E-state index < -0.39 is 0 Å². The van der Waals surface area contributed by atoms with E-state index in [0.29, 0.717) is 41.2 Å². The summed E-state index contributed by atoms with van der Waals surface area (Å²) < 4.78 is 15.1. The molecule has 0 fully saturated rings. The third kappa shape index (κ3) is 2.33. The second-order valence-corrected chi connectivity index (χ2v) is 5.50. The molecule has 2 aromatic rings. The summed E-state index contributed by atoms with van der Waals surface area (Å²) in [5, 5.41) is 10.4. The van der Waals surface area contributed by atoms with E-state index in [9.17, 15) is 14.5 Å². The van der Waals surface area contributed by atoms with E-state index in [1.807, 2.05) is 0 Å². The molecule has 1 heterocycles. The molecule has 5 heteroatoms. The van der Waals surface area contributed by atoms with Crippen molar-refractivity contribution in [1.82, 2.24) is 4.73 Å². The van der Waals surface area contributed by atoms with Crippen LogP contribution in [-0.2, 0) is 12.8 Å². The number of nitrogens with zero attached hydrogens (tertiary/aromatic N) is 2. The highest BCUT2D eigenvalue weighted by Crippen LogP contribution is 2.24. The van der Waals surface area contributed by atoms with E-state index in [0.717, 1.165) is 28.4 Å². The van der Waals surface area contributed by atoms with Gasteiger partial charge in [0.15, 0.2) is 0 Å². The second kappa shape index (κ2) is 5.31. The number of halogens is 1. The largest absolute Gasteiger partial charge is 0.428 e. The summed E-state index contributed by atoms with van der Waals surface area (Å²) in [6, 6.07) is 5.77. The molecule has 4 nitrogen and oxygen atoms in total. The molecule has 0 saturated heterocycles. The van der Waals surface area contributed by atoms with Crippen LogP contribution in [0, 0.1) is 17.6 Å². The Hall–Kier alpha value is -2.17. The van der Waals surface area contributed by atoms with E-state index in [4.69, 9.17) is 0 Å². The molecule has 110 valence electrons. The van der Waals surface area contributed by atoms with Gasteiger partial charge in [0.2, 0.25) is 0 Å². The molecule has 0 atom stereocenters. The van der Waals surface area contributed by atoms with Crippen LogP contribution in [0.1, 0.15) is 36.3 Å². The van der Waals surface area contributed by atoms with Crippen molar-refractivity contribution in [2.24, 2.45) is 0 Å². The summed E-state index contributed by atoms with van der Waals surface area (Å²) in [7, 11) is 0. The zero-order valence-electron chi connectivity index (χ0n) is 12.0. The molecule has 1 aliphatic carbocycles. The fourth-order valence-corrected chi connectivity index (χ4v) is 3.02. The van der Waals surface area contributed by atoms with Crippen LogP contribution >= 0.6 is 0 Å². The van der Waals surface area contributed by atoms with Gasteiger partial charge >= 0.3 is 0 Å². The maximum atomic E-state index is 13.1. The van der Waals surface area contributed by atoms with Gasteiger partial charge in [0.25, 0.3) is 11.4 Å². The lowest BCUT2D eigenvalue weighted by atomic mass is 10.1. The van der Waals surface area contributed by atoms with Crippen molar-refractivity contribution in [2.45, 2.75) is 39.0 Å². The maximum absolute atomic E-state index is 13.1. The van der Waals surface area contributed by atoms with Gasteiger partial charge in [-0.2, -0.15) is 4.73 Å². The lowest BCUT2D eigenvalue weighted by Crippen LogP contribution is -2.31. The van der Waals surface area contributed by atoms with Crippen LogP contribution in [0.3, 0.4) is 0 Å². The van der Waals surface area contributed by atoms with Crippen molar-refractivity contribution in [3.63, 3.8) is 0 Å². The first-order valence-electron chi connectivity index (χ1n) is 7.24. The Bertz CT molecular complexity index is 735. The standard InChI is InChI=1S/C16H18FN2O2/c1-11-16(12-7-9-13(17)10-8-12)19(21)15-6-4-2-3-5-14(15)18(11)20/h7-10,20H,2-6H2,1H3/q+1. The summed E-state index contributed by atoms with van der Waals surface area (Å²) in [6.45, 7) is 1.71. The molecular formula is C16H18FN2O2+. The molecule has 21 heavy (non-hydrogen) atoms. The van der Waals surface area contributed by atoms with Gasteiger partial charge in [0.05, 0.1) is 9.99 Å². The molecule has 0 saturated carbocycles. The molecule has 0 spiro atoms. The summed E-state index contributed by atoms with van der Waals surface area (Å²) >= 11 is 0. The van der Waals surface area contributed by atoms with Crippen LogP contribution in [0.4, 0.5) is 4.39 Å². The van der Waals surface area contributed by atoms with Gasteiger partial charge in [-0.15, -0.1) is 0 Å². The van der Waals surface area contributed by atoms with Crippen molar-refractivity contribution in [3.05, 3.63) is 52.1 Å². The molecule has 1 aromatic carbocycles. The summed E-state index contributed by atoms with van der Waals surface area (Å²) in [4.78, 5) is 12.7. The Labute approximate surface area is 122 Å². The summed E-state index contributed by atoms with van der Waals surface area (Å²) in [5.41, 5.74) is 2.81. The molecule has 0 amide bonds. The highest BCUT2D eigenvalue weighted by atomic mass is 19.1. The first-order chi connectivity index (χ1) is 10.1. The Balaban J connectivity index is 2.27. The van der Waals surface area contributed by atoms with Gasteiger partial charge in [-0.3, -0.25) is 0 Å². The number of aromatic nitrogens is 2. The Morgan fingerprint density at radius 2 is 1.81 bits per heavy atom. The molecule has 1 N–H and O–H groups in total. The van der Waals surface area contributed by atoms with Crippen LogP contribution < -0.4 is 4.43 Å². The van der Waals surface area contributed by atoms with E-state index in [1.54, 1.807) is 19.1 Å². The van der Waals surface area contributed by atoms with Crippen LogP contribution in [0.2, 0.25) is 0 Å². The first kappa shape index (κ1) is 13.8. The molecule has 0 bridgehead atoms. The van der Waals surface area contributed by atoms with Crippen LogP contribution in [-0.4, -0.2) is 9.94 Å². The Morgan fingerprint density at radius 1 is 1.14 bits per heavy atom. The van der Waals surface area contributed by atoms with Crippen molar-refractivity contribution in [1.29, 1.82) is 0 Å². The average molecular weight is 289 g/mol. The zero-order valence-corrected chi connectivity index (χ0v) is 12.0. The molecule has 0 unspecified atom stereocenters. The van der Waals surface area contributed by atoms with Crippen LogP contribution in [0.15, 0.2) is 24.3 Å². The van der Waals surface area contributed by atoms with Gasteiger partial charge in [-0.1, -0.05) is 6.42 Å². The second-order valence-electron chi connectivity index (χ2n) is 5.50. The smallest absolute Gasteiger partial charge is 0.292 e. The average Bonchev–Trinajstić information content (AvgIpc) is 2.73. The number of rotatable bonds is 1. The van der Waals surface area contributed by atoms with Gasteiger partial charge in [0.1, 0.15) is 17.2 Å². The number of hydrogen-bond donors (Lipinski definition) is 1. The molecule has 1 aliphatic rings. The quantitative estimate of drug-likeness (QED) is 0.498. The van der Waals surface area contributed by atoms with E-state index in [2.05, 4.69) is 0 Å². The number of fused-ring (bicyclic) bond motifs is 1. The van der Waals surface area contributed by atoms with Crippen molar-refractivity contribution >= 4 is 0 Å². The molecule has 3 rings (SSSR count). The minimum Gasteiger partial charge on any atom is -0.428 e. The maximum Gasteiger partial charge on any atom is 0.292 e. The zero-order chi connectivity index (χ0) is 15.0. The lowest BCUT2D eigenvalue weighted by molar-refractivity contribution is -0.495. The number of hydrogen-bond acceptors (Lipinski definition) is 2. The number of benzene rings is 1. The van der Waals surface area contributed by atoms with Crippen molar-refractivity contribution in [3.8, 4) is 11.3 Å². The van der Waals surface area contributed by atoms with Gasteiger partial charge in [-0.05, 0) is 50.5 Å². The van der Waals surface area contributed by atoms with Gasteiger partial charge in [-0.25, -0.2) is 4.39 Å². The highest BCUT2D eigenvalue weighted by molar-refractivity contribution is 5.58. The third-order valence-electron chi connectivity index (χ3n) is 4.14. The molecule has 1 aromatic heterocycles. The fraction of sp³-hybridized carbons (Fsp3) is 0.375. The van der Waals surface area contributed by atoms with Crippen molar-refractivity contribution < 1.29 is 14.0 Å². The minimum atomic E-state index is -0.347. The molecule has 0 aliphatic heterocycles. The minimum absolute atomic E-state index is 0.347. The summed E-state index contributed by atoms with van der Waals surface area (Å²) in [6.07, 6.45) is 4.34. The Morgan fingerprint density at radius 3 is 2.52 bits per heavy atom. The lowest BCUT2D eigenvalue weighted by Gasteiger charge is -2.10. The fourth-order valence-electron chi connectivity index (χ4n) is 3.02. The third-order valence-corrected chi connectivity index (χ3v) is 4.14. The van der Waals surface area contributed by atoms with Crippen LogP contribution in [0.25, 0.3) is 11.3 Å². The highest BCUT2D eigenvalue weighted by Gasteiger charge is 2.29. The van der Waals surface area contributed by atoms with Gasteiger partial charge in [0, 0.05) is 11.3 Å². The normalized spacial score (nSPS) is 14.6. The van der Waals surface area contributed by atoms with Crippen LogP contribution in [0.5, 0.6) is 0 Å². The molecular weight excluding hydrogens is 271 g/mol. The van der Waals surface area contributed by atoms with E-state index in [-0.39, 0.29) is 5.82 Å². The van der Waals surface area contributed by atoms with E-state index in [1.165, 1.54) is 12.1 Å². The molecule has 0 radical (unpaired) electrons. The first-order valence-corrected chi connectivity index (χ1v) is 7.24. The summed E-state index contributed by atoms with van der Waals surface area (Å²) in [5.74, 6) is -0.347. The van der Waals surface area contributed by atoms with E-state index >= 15 is 0 Å². The van der Waals surface area contributed by atoms with Crippen molar-refractivity contribution in [2.75, 3.05) is 0 Å². The Kier molecular flexibility index (Phi) is 3.49. The monoisotopic (exact) mass is 289 g/mol. The predicted molar refractivity (Wildman–Crippen MR) is 76.4 cm³/mol.